The minimum absolute atomic E-state index is 0.381. The van der Waals surface area contributed by atoms with Gasteiger partial charge in [0.15, 0.2) is 0 Å². The third-order valence-electron chi connectivity index (χ3n) is 1.37. The molecule has 1 nitrogen and oxygen atoms in total. The SMILES string of the molecule is C#CCOCc1ccc(I)cc1. The van der Waals surface area contributed by atoms with E-state index in [1.165, 1.54) is 3.57 Å². The van der Waals surface area contributed by atoms with Crippen molar-refractivity contribution in [1.29, 1.82) is 0 Å². The lowest BCUT2D eigenvalue weighted by Crippen LogP contribution is -1.92. The van der Waals surface area contributed by atoms with Gasteiger partial charge in [0.2, 0.25) is 0 Å². The molecule has 0 N–H and O–H groups in total. The number of terminal acetylenes is 1. The lowest BCUT2D eigenvalue weighted by molar-refractivity contribution is 0.153. The molecule has 0 aliphatic carbocycles. The van der Waals surface area contributed by atoms with Crippen LogP contribution in [0.4, 0.5) is 0 Å². The highest BCUT2D eigenvalue weighted by Gasteiger charge is 1.91. The molecule has 0 aromatic heterocycles. The third-order valence-corrected chi connectivity index (χ3v) is 2.09. The summed E-state index contributed by atoms with van der Waals surface area (Å²) in [5, 5.41) is 0. The van der Waals surface area contributed by atoms with Gasteiger partial charge in [0, 0.05) is 3.57 Å². The van der Waals surface area contributed by atoms with E-state index in [1.807, 2.05) is 12.1 Å². The normalized spacial score (nSPS) is 9.33. The van der Waals surface area contributed by atoms with Crippen molar-refractivity contribution >= 4 is 22.6 Å². The van der Waals surface area contributed by atoms with Gasteiger partial charge in [0.1, 0.15) is 6.61 Å². The number of rotatable bonds is 3. The average molecular weight is 272 g/mol. The maximum absolute atomic E-state index is 5.17. The third kappa shape index (κ3) is 3.24. The Kier molecular flexibility index (Phi) is 4.12. The fourth-order valence-electron chi connectivity index (χ4n) is 0.808. The van der Waals surface area contributed by atoms with Crippen LogP contribution in [0.5, 0.6) is 0 Å². The van der Waals surface area contributed by atoms with Crippen LogP contribution in [0.15, 0.2) is 24.3 Å². The van der Waals surface area contributed by atoms with Gasteiger partial charge in [-0.25, -0.2) is 0 Å². The van der Waals surface area contributed by atoms with E-state index in [1.54, 1.807) is 0 Å². The molecule has 0 fully saturated rings. The van der Waals surface area contributed by atoms with E-state index in [2.05, 4.69) is 40.6 Å². The van der Waals surface area contributed by atoms with Crippen LogP contribution in [0.2, 0.25) is 0 Å². The van der Waals surface area contributed by atoms with Crippen LogP contribution in [0, 0.1) is 15.9 Å². The Balaban J connectivity index is 2.43. The Labute approximate surface area is 86.3 Å². The van der Waals surface area contributed by atoms with Crippen LogP contribution in [-0.4, -0.2) is 6.61 Å². The van der Waals surface area contributed by atoms with Crippen molar-refractivity contribution in [1.82, 2.24) is 0 Å². The Morgan fingerprint density at radius 2 is 2.00 bits per heavy atom. The lowest BCUT2D eigenvalue weighted by atomic mass is 10.2. The summed E-state index contributed by atoms with van der Waals surface area (Å²) in [5.74, 6) is 2.43. The Morgan fingerprint density at radius 1 is 1.33 bits per heavy atom. The average Bonchev–Trinajstić information content (AvgIpc) is 2.09. The highest BCUT2D eigenvalue weighted by Crippen LogP contribution is 2.07. The van der Waals surface area contributed by atoms with Crippen LogP contribution in [0.25, 0.3) is 0 Å². The largest absolute Gasteiger partial charge is 0.364 e. The van der Waals surface area contributed by atoms with Gasteiger partial charge in [-0.3, -0.25) is 0 Å². The van der Waals surface area contributed by atoms with Crippen LogP contribution in [0.3, 0.4) is 0 Å². The highest BCUT2D eigenvalue weighted by molar-refractivity contribution is 14.1. The summed E-state index contributed by atoms with van der Waals surface area (Å²) < 4.78 is 6.40. The monoisotopic (exact) mass is 272 g/mol. The number of ether oxygens (including phenoxy) is 1. The first-order valence-electron chi connectivity index (χ1n) is 3.58. The fraction of sp³-hybridized carbons (Fsp3) is 0.200. The van der Waals surface area contributed by atoms with E-state index in [-0.39, 0.29) is 0 Å². The molecule has 0 atom stereocenters. The van der Waals surface area contributed by atoms with Crippen molar-refractivity contribution in [3.8, 4) is 12.3 Å². The smallest absolute Gasteiger partial charge is 0.107 e. The van der Waals surface area contributed by atoms with Crippen molar-refractivity contribution in [3.63, 3.8) is 0 Å². The molecule has 0 aliphatic rings. The predicted molar refractivity (Wildman–Crippen MR) is 57.6 cm³/mol. The van der Waals surface area contributed by atoms with E-state index in [4.69, 9.17) is 11.2 Å². The summed E-state index contributed by atoms with van der Waals surface area (Å²) >= 11 is 2.27. The Hall–Kier alpha value is -0.530. The molecule has 0 aliphatic heterocycles. The van der Waals surface area contributed by atoms with Gasteiger partial charge in [-0.15, -0.1) is 6.42 Å². The number of hydrogen-bond acceptors (Lipinski definition) is 1. The lowest BCUT2D eigenvalue weighted by Gasteiger charge is -1.99. The van der Waals surface area contributed by atoms with Crippen LogP contribution in [0.1, 0.15) is 5.56 Å². The molecule has 0 heterocycles. The molecule has 0 amide bonds. The van der Waals surface area contributed by atoms with Gasteiger partial charge < -0.3 is 4.74 Å². The molecule has 1 aromatic rings. The molecule has 0 spiro atoms. The molecule has 0 unspecified atom stereocenters. The minimum Gasteiger partial charge on any atom is -0.364 e. The maximum atomic E-state index is 5.17. The van der Waals surface area contributed by atoms with Gasteiger partial charge in [-0.2, -0.15) is 0 Å². The second kappa shape index (κ2) is 5.18. The van der Waals surface area contributed by atoms with Gasteiger partial charge in [-0.05, 0) is 40.3 Å². The summed E-state index contributed by atoms with van der Waals surface area (Å²) in [7, 11) is 0. The highest BCUT2D eigenvalue weighted by atomic mass is 127. The zero-order chi connectivity index (χ0) is 8.81. The first kappa shape index (κ1) is 9.56. The molecule has 0 saturated heterocycles. The summed E-state index contributed by atoms with van der Waals surface area (Å²) in [6, 6.07) is 8.18. The summed E-state index contributed by atoms with van der Waals surface area (Å²) in [5.41, 5.74) is 1.16. The predicted octanol–water partition coefficient (Wildman–Crippen LogP) is 2.44. The van der Waals surface area contributed by atoms with Crippen molar-refractivity contribution in [2.45, 2.75) is 6.61 Å². The van der Waals surface area contributed by atoms with Gasteiger partial charge in [0.25, 0.3) is 0 Å². The second-order valence-electron chi connectivity index (χ2n) is 2.32. The van der Waals surface area contributed by atoms with Crippen molar-refractivity contribution in [2.75, 3.05) is 6.61 Å². The minimum atomic E-state index is 0.381. The maximum Gasteiger partial charge on any atom is 0.107 e. The first-order valence-corrected chi connectivity index (χ1v) is 4.66. The molecule has 12 heavy (non-hydrogen) atoms. The Bertz CT molecular complexity index is 271. The van der Waals surface area contributed by atoms with Crippen LogP contribution >= 0.6 is 22.6 Å². The number of halogens is 1. The quantitative estimate of drug-likeness (QED) is 0.466. The van der Waals surface area contributed by atoms with Crippen molar-refractivity contribution in [3.05, 3.63) is 33.4 Å². The van der Waals surface area contributed by atoms with E-state index in [0.29, 0.717) is 13.2 Å². The second-order valence-corrected chi connectivity index (χ2v) is 3.57. The molecule has 1 aromatic carbocycles. The number of hydrogen-bond donors (Lipinski definition) is 0. The van der Waals surface area contributed by atoms with Crippen LogP contribution in [-0.2, 0) is 11.3 Å². The fourth-order valence-corrected chi connectivity index (χ4v) is 1.17. The summed E-state index contributed by atoms with van der Waals surface area (Å²) in [6.07, 6.45) is 5.04. The van der Waals surface area contributed by atoms with Gasteiger partial charge >= 0.3 is 0 Å². The molecular weight excluding hydrogens is 263 g/mol. The molecule has 2 heteroatoms. The van der Waals surface area contributed by atoms with Crippen molar-refractivity contribution in [2.24, 2.45) is 0 Å². The number of benzene rings is 1. The Morgan fingerprint density at radius 3 is 2.58 bits per heavy atom. The van der Waals surface area contributed by atoms with Crippen LogP contribution < -0.4 is 0 Å². The summed E-state index contributed by atoms with van der Waals surface area (Å²) in [4.78, 5) is 0. The van der Waals surface area contributed by atoms with Crippen molar-refractivity contribution < 1.29 is 4.74 Å². The molecule has 1 rings (SSSR count). The summed E-state index contributed by atoms with van der Waals surface area (Å²) in [6.45, 7) is 0.979. The molecule has 0 bridgehead atoms. The van der Waals surface area contributed by atoms with Gasteiger partial charge in [-0.1, -0.05) is 18.1 Å². The van der Waals surface area contributed by atoms with E-state index < -0.39 is 0 Å². The molecule has 0 radical (unpaired) electrons. The first-order chi connectivity index (χ1) is 5.83. The molecule has 62 valence electrons. The molecular formula is C10H9IO. The van der Waals surface area contributed by atoms with Gasteiger partial charge in [0.05, 0.1) is 6.61 Å². The molecule has 0 saturated carbocycles. The standard InChI is InChI=1S/C10H9IO/c1-2-7-12-8-9-3-5-10(11)6-4-9/h1,3-6H,7-8H2. The topological polar surface area (TPSA) is 9.23 Å². The zero-order valence-electron chi connectivity index (χ0n) is 6.59. The zero-order valence-corrected chi connectivity index (χ0v) is 8.74. The van der Waals surface area contributed by atoms with E-state index >= 15 is 0 Å². The van der Waals surface area contributed by atoms with E-state index in [0.717, 1.165) is 5.56 Å². The van der Waals surface area contributed by atoms with E-state index in [9.17, 15) is 0 Å².